The molecule has 1 saturated heterocycles. The van der Waals surface area contributed by atoms with Gasteiger partial charge in [-0.3, -0.25) is 4.79 Å². The van der Waals surface area contributed by atoms with Crippen LogP contribution in [-0.4, -0.2) is 39.6 Å². The molecule has 0 bridgehead atoms. The van der Waals surface area contributed by atoms with Crippen LogP contribution >= 0.6 is 22.9 Å². The molecular weight excluding hydrogens is 494 g/mol. The number of ether oxygens (including phenoxy) is 1. The molecule has 2 aromatic carbocycles. The Morgan fingerprint density at radius 1 is 1.11 bits per heavy atom. The van der Waals surface area contributed by atoms with Crippen molar-refractivity contribution in [1.29, 1.82) is 0 Å². The molecule has 0 N–H and O–H groups in total. The SMILES string of the molecule is Cc1onc(-c2ccccc2)c1-c1csc(C2CCN(C(=O)C(C)(C)Oc3ccc(Cl)cc3)CC2)n1. The van der Waals surface area contributed by atoms with Crippen LogP contribution in [0.1, 0.15) is 43.4 Å². The summed E-state index contributed by atoms with van der Waals surface area (Å²) in [4.78, 5) is 20.1. The maximum absolute atomic E-state index is 13.2. The number of benzene rings is 2. The number of piperidine rings is 1. The fourth-order valence-electron chi connectivity index (χ4n) is 4.61. The van der Waals surface area contributed by atoms with Crippen molar-refractivity contribution in [3.63, 3.8) is 0 Å². The van der Waals surface area contributed by atoms with Crippen LogP contribution in [0, 0.1) is 6.92 Å². The highest BCUT2D eigenvalue weighted by atomic mass is 35.5. The van der Waals surface area contributed by atoms with Gasteiger partial charge >= 0.3 is 0 Å². The third-order valence-corrected chi connectivity index (χ3v) is 7.78. The van der Waals surface area contributed by atoms with E-state index in [2.05, 4.69) is 10.5 Å². The minimum absolute atomic E-state index is 0.0108. The van der Waals surface area contributed by atoms with Gasteiger partial charge in [0.15, 0.2) is 5.60 Å². The predicted octanol–water partition coefficient (Wildman–Crippen LogP) is 6.99. The zero-order valence-electron chi connectivity index (χ0n) is 20.5. The fourth-order valence-corrected chi connectivity index (χ4v) is 5.72. The molecule has 1 aliphatic rings. The second kappa shape index (κ2) is 10.1. The van der Waals surface area contributed by atoms with Gasteiger partial charge < -0.3 is 14.2 Å². The number of thiazole rings is 1. The summed E-state index contributed by atoms with van der Waals surface area (Å²) in [6.07, 6.45) is 1.73. The average Bonchev–Trinajstić information content (AvgIpc) is 3.52. The van der Waals surface area contributed by atoms with Crippen LogP contribution in [0.4, 0.5) is 0 Å². The highest BCUT2D eigenvalue weighted by Crippen LogP contribution is 2.38. The van der Waals surface area contributed by atoms with Gasteiger partial charge in [0, 0.05) is 35.0 Å². The molecule has 0 atom stereocenters. The zero-order valence-corrected chi connectivity index (χ0v) is 22.1. The topological polar surface area (TPSA) is 68.5 Å². The van der Waals surface area contributed by atoms with Crippen molar-refractivity contribution in [2.45, 2.75) is 45.1 Å². The summed E-state index contributed by atoms with van der Waals surface area (Å²) in [5.41, 5.74) is 2.69. The van der Waals surface area contributed by atoms with Crippen molar-refractivity contribution < 1.29 is 14.1 Å². The summed E-state index contributed by atoms with van der Waals surface area (Å²) in [6, 6.07) is 17.1. The third kappa shape index (κ3) is 5.04. The number of likely N-dealkylation sites (tertiary alicyclic amines) is 1. The Balaban J connectivity index is 1.25. The van der Waals surface area contributed by atoms with E-state index >= 15 is 0 Å². The average molecular weight is 522 g/mol. The largest absolute Gasteiger partial charge is 0.478 e. The Kier molecular flexibility index (Phi) is 6.86. The standard InChI is InChI=1S/C28H28ClN3O3S/c1-18-24(25(31-35-18)19-7-5-4-6-8-19)23-17-36-26(30-23)20-13-15-32(16-14-20)27(33)28(2,3)34-22-11-9-21(29)10-12-22/h4-12,17,20H,13-16H2,1-3H3. The van der Waals surface area contributed by atoms with Crippen molar-refractivity contribution >= 4 is 28.8 Å². The Morgan fingerprint density at radius 3 is 2.50 bits per heavy atom. The second-order valence-electron chi connectivity index (χ2n) is 9.53. The summed E-state index contributed by atoms with van der Waals surface area (Å²) in [5, 5.41) is 8.11. The molecule has 3 heterocycles. The van der Waals surface area contributed by atoms with Crippen molar-refractivity contribution in [3.8, 4) is 28.3 Å². The summed E-state index contributed by atoms with van der Waals surface area (Å²) < 4.78 is 11.5. The molecule has 5 rings (SSSR count). The van der Waals surface area contributed by atoms with Crippen LogP contribution in [0.25, 0.3) is 22.5 Å². The predicted molar refractivity (Wildman–Crippen MR) is 142 cm³/mol. The van der Waals surface area contributed by atoms with E-state index in [9.17, 15) is 4.79 Å². The zero-order chi connectivity index (χ0) is 25.3. The summed E-state index contributed by atoms with van der Waals surface area (Å²) in [5.74, 6) is 1.69. The molecule has 1 amide bonds. The molecule has 36 heavy (non-hydrogen) atoms. The van der Waals surface area contributed by atoms with E-state index in [0.29, 0.717) is 29.8 Å². The summed E-state index contributed by atoms with van der Waals surface area (Å²) in [7, 11) is 0. The quantitative estimate of drug-likeness (QED) is 0.273. The van der Waals surface area contributed by atoms with Crippen LogP contribution in [0.15, 0.2) is 64.5 Å². The van der Waals surface area contributed by atoms with Gasteiger partial charge in [-0.2, -0.15) is 0 Å². The lowest BCUT2D eigenvalue weighted by atomic mass is 9.95. The maximum Gasteiger partial charge on any atom is 0.266 e. The van der Waals surface area contributed by atoms with Crippen LogP contribution in [0.3, 0.4) is 0 Å². The van der Waals surface area contributed by atoms with E-state index in [4.69, 9.17) is 25.8 Å². The Bertz CT molecular complexity index is 1340. The highest BCUT2D eigenvalue weighted by Gasteiger charge is 2.36. The minimum atomic E-state index is -0.964. The molecule has 0 spiro atoms. The lowest BCUT2D eigenvalue weighted by Gasteiger charge is -2.36. The van der Waals surface area contributed by atoms with Gasteiger partial charge in [0.2, 0.25) is 0 Å². The van der Waals surface area contributed by atoms with Gasteiger partial charge in [-0.05, 0) is 57.9 Å². The van der Waals surface area contributed by atoms with E-state index in [1.165, 1.54) is 0 Å². The number of aromatic nitrogens is 2. The Labute approximate surface area is 219 Å². The first-order valence-electron chi connectivity index (χ1n) is 12.0. The van der Waals surface area contributed by atoms with E-state index in [1.807, 2.05) is 56.0 Å². The molecule has 0 unspecified atom stereocenters. The van der Waals surface area contributed by atoms with E-state index in [0.717, 1.165) is 46.1 Å². The summed E-state index contributed by atoms with van der Waals surface area (Å²) >= 11 is 7.63. The second-order valence-corrected chi connectivity index (χ2v) is 10.9. The van der Waals surface area contributed by atoms with Crippen LogP contribution in [-0.2, 0) is 4.79 Å². The fraction of sp³-hybridized carbons (Fsp3) is 0.321. The maximum atomic E-state index is 13.2. The number of aryl methyl sites for hydroxylation is 1. The Hall–Kier alpha value is -3.16. The number of carbonyl (C=O) groups excluding carboxylic acids is 1. The first-order valence-corrected chi connectivity index (χ1v) is 13.3. The molecule has 1 fully saturated rings. The molecule has 1 aliphatic heterocycles. The van der Waals surface area contributed by atoms with Crippen molar-refractivity contribution in [2.24, 2.45) is 0 Å². The number of hydrogen-bond donors (Lipinski definition) is 0. The number of hydrogen-bond acceptors (Lipinski definition) is 6. The molecule has 0 saturated carbocycles. The minimum Gasteiger partial charge on any atom is -0.478 e. The van der Waals surface area contributed by atoms with Crippen LogP contribution in [0.2, 0.25) is 5.02 Å². The molecule has 4 aromatic rings. The number of amides is 1. The van der Waals surface area contributed by atoms with Crippen molar-refractivity contribution in [2.75, 3.05) is 13.1 Å². The first-order chi connectivity index (χ1) is 17.3. The van der Waals surface area contributed by atoms with E-state index in [1.54, 1.807) is 35.6 Å². The monoisotopic (exact) mass is 521 g/mol. The number of nitrogens with zero attached hydrogens (tertiary/aromatic N) is 3. The van der Waals surface area contributed by atoms with Crippen LogP contribution in [0.5, 0.6) is 5.75 Å². The smallest absolute Gasteiger partial charge is 0.266 e. The summed E-state index contributed by atoms with van der Waals surface area (Å²) in [6.45, 7) is 6.90. The van der Waals surface area contributed by atoms with Gasteiger partial charge in [-0.15, -0.1) is 11.3 Å². The van der Waals surface area contributed by atoms with Gasteiger partial charge in [0.1, 0.15) is 17.2 Å². The molecular formula is C28H28ClN3O3S. The van der Waals surface area contributed by atoms with Gasteiger partial charge in [-0.1, -0.05) is 47.1 Å². The van der Waals surface area contributed by atoms with E-state index in [-0.39, 0.29) is 5.91 Å². The van der Waals surface area contributed by atoms with Crippen molar-refractivity contribution in [3.05, 3.63) is 75.8 Å². The van der Waals surface area contributed by atoms with Crippen LogP contribution < -0.4 is 4.74 Å². The molecule has 6 nitrogen and oxygen atoms in total. The van der Waals surface area contributed by atoms with Gasteiger partial charge in [-0.25, -0.2) is 4.98 Å². The van der Waals surface area contributed by atoms with Gasteiger partial charge in [0.25, 0.3) is 5.91 Å². The molecule has 8 heteroatoms. The number of carbonyl (C=O) groups is 1. The molecule has 2 aromatic heterocycles. The third-order valence-electron chi connectivity index (χ3n) is 6.52. The number of halogens is 1. The normalized spacial score (nSPS) is 14.7. The van der Waals surface area contributed by atoms with Crippen molar-refractivity contribution in [1.82, 2.24) is 15.0 Å². The lowest BCUT2D eigenvalue weighted by molar-refractivity contribution is -0.146. The Morgan fingerprint density at radius 2 is 1.81 bits per heavy atom. The van der Waals surface area contributed by atoms with Gasteiger partial charge in [0.05, 0.1) is 16.3 Å². The molecule has 186 valence electrons. The molecule has 0 radical (unpaired) electrons. The first kappa shape index (κ1) is 24.5. The molecule has 0 aliphatic carbocycles. The lowest BCUT2D eigenvalue weighted by Crippen LogP contribution is -2.51. The number of rotatable bonds is 6. The van der Waals surface area contributed by atoms with E-state index < -0.39 is 5.60 Å². The highest BCUT2D eigenvalue weighted by molar-refractivity contribution is 7.10.